The molecule has 2 rings (SSSR count). The molecule has 2 heterocycles. The van der Waals surface area contributed by atoms with E-state index in [1.165, 1.54) is 11.5 Å². The van der Waals surface area contributed by atoms with Crippen molar-refractivity contribution in [2.24, 2.45) is 0 Å². The van der Waals surface area contributed by atoms with Crippen molar-refractivity contribution in [1.29, 1.82) is 0 Å². The smallest absolute Gasteiger partial charge is 0.202 e. The van der Waals surface area contributed by atoms with Crippen LogP contribution in [0.2, 0.25) is 0 Å². The summed E-state index contributed by atoms with van der Waals surface area (Å²) in [6.45, 7) is 8.15. The Kier molecular flexibility index (Phi) is 5.83. The van der Waals surface area contributed by atoms with Gasteiger partial charge in [0.15, 0.2) is 0 Å². The molecule has 0 aromatic carbocycles. The molecular weight excluding hydrogens is 248 g/mol. The van der Waals surface area contributed by atoms with Crippen molar-refractivity contribution < 1.29 is 4.74 Å². The highest BCUT2D eigenvalue weighted by atomic mass is 32.1. The summed E-state index contributed by atoms with van der Waals surface area (Å²) in [5.74, 6) is 0.971. The molecule has 0 radical (unpaired) electrons. The van der Waals surface area contributed by atoms with Gasteiger partial charge in [0.05, 0.1) is 13.2 Å². The van der Waals surface area contributed by atoms with Crippen LogP contribution in [0, 0.1) is 0 Å². The highest BCUT2D eigenvalue weighted by molar-refractivity contribution is 7.09. The highest BCUT2D eigenvalue weighted by Gasteiger charge is 2.09. The molecule has 1 fully saturated rings. The minimum Gasteiger partial charge on any atom is -0.379 e. The van der Waals surface area contributed by atoms with Crippen LogP contribution >= 0.6 is 11.5 Å². The fraction of sp³-hybridized carbons (Fsp3) is 0.833. The summed E-state index contributed by atoms with van der Waals surface area (Å²) in [7, 11) is 0. The van der Waals surface area contributed by atoms with E-state index >= 15 is 0 Å². The van der Waals surface area contributed by atoms with Gasteiger partial charge in [0.1, 0.15) is 5.82 Å². The van der Waals surface area contributed by atoms with E-state index in [0.717, 1.165) is 69.6 Å². The molecule has 1 N–H and O–H groups in total. The lowest BCUT2D eigenvalue weighted by atomic mass is 10.3. The van der Waals surface area contributed by atoms with E-state index in [0.29, 0.717) is 0 Å². The zero-order valence-electron chi connectivity index (χ0n) is 11.0. The average molecular weight is 270 g/mol. The van der Waals surface area contributed by atoms with Gasteiger partial charge in [0.25, 0.3) is 0 Å². The van der Waals surface area contributed by atoms with Crippen LogP contribution in [0.3, 0.4) is 0 Å². The molecule has 0 amide bonds. The SMILES string of the molecule is CCCc1nsc(NCCCN2CCOCC2)n1. The van der Waals surface area contributed by atoms with E-state index in [2.05, 4.69) is 26.5 Å². The first-order chi connectivity index (χ1) is 8.88. The van der Waals surface area contributed by atoms with Gasteiger partial charge >= 0.3 is 0 Å². The number of ether oxygens (including phenoxy) is 1. The van der Waals surface area contributed by atoms with Gasteiger partial charge in [-0.2, -0.15) is 4.37 Å². The van der Waals surface area contributed by atoms with Crippen molar-refractivity contribution >= 4 is 16.7 Å². The monoisotopic (exact) mass is 270 g/mol. The maximum atomic E-state index is 5.33. The lowest BCUT2D eigenvalue weighted by molar-refractivity contribution is 0.0378. The van der Waals surface area contributed by atoms with Crippen molar-refractivity contribution in [3.05, 3.63) is 5.82 Å². The van der Waals surface area contributed by atoms with Gasteiger partial charge in [-0.15, -0.1) is 0 Å². The molecule has 18 heavy (non-hydrogen) atoms. The van der Waals surface area contributed by atoms with Crippen molar-refractivity contribution in [2.45, 2.75) is 26.2 Å². The number of nitrogens with one attached hydrogen (secondary N) is 1. The Morgan fingerprint density at radius 2 is 2.22 bits per heavy atom. The highest BCUT2D eigenvalue weighted by Crippen LogP contribution is 2.11. The summed E-state index contributed by atoms with van der Waals surface area (Å²) in [5, 5.41) is 4.31. The fourth-order valence-corrected chi connectivity index (χ4v) is 2.61. The Labute approximate surface area is 113 Å². The largest absolute Gasteiger partial charge is 0.379 e. The van der Waals surface area contributed by atoms with Crippen molar-refractivity contribution in [3.8, 4) is 0 Å². The van der Waals surface area contributed by atoms with Gasteiger partial charge in [0.2, 0.25) is 5.13 Å². The van der Waals surface area contributed by atoms with E-state index in [-0.39, 0.29) is 0 Å². The molecule has 0 atom stereocenters. The molecule has 1 saturated heterocycles. The van der Waals surface area contributed by atoms with Crippen LogP contribution in [0.5, 0.6) is 0 Å². The zero-order valence-corrected chi connectivity index (χ0v) is 11.8. The van der Waals surface area contributed by atoms with Gasteiger partial charge in [-0.3, -0.25) is 4.90 Å². The van der Waals surface area contributed by atoms with Crippen LogP contribution in [0.1, 0.15) is 25.6 Å². The number of aryl methyl sites for hydroxylation is 1. The van der Waals surface area contributed by atoms with Crippen LogP contribution in [-0.4, -0.2) is 53.7 Å². The third-order valence-corrected chi connectivity index (χ3v) is 3.68. The van der Waals surface area contributed by atoms with Crippen LogP contribution in [0.4, 0.5) is 5.13 Å². The first-order valence-corrected chi connectivity index (χ1v) is 7.52. The maximum absolute atomic E-state index is 5.33. The summed E-state index contributed by atoms with van der Waals surface area (Å²) in [6, 6.07) is 0. The molecule has 0 saturated carbocycles. The van der Waals surface area contributed by atoms with Crippen molar-refractivity contribution in [2.75, 3.05) is 44.7 Å². The third kappa shape index (κ3) is 4.51. The van der Waals surface area contributed by atoms with Crippen molar-refractivity contribution in [1.82, 2.24) is 14.3 Å². The molecule has 1 aromatic heterocycles. The number of morpholine rings is 1. The van der Waals surface area contributed by atoms with E-state index in [1.54, 1.807) is 0 Å². The zero-order chi connectivity index (χ0) is 12.6. The summed E-state index contributed by atoms with van der Waals surface area (Å²) >= 11 is 1.47. The van der Waals surface area contributed by atoms with Crippen LogP contribution < -0.4 is 5.32 Å². The minimum atomic E-state index is 0.879. The normalized spacial score (nSPS) is 16.9. The minimum absolute atomic E-state index is 0.879. The van der Waals surface area contributed by atoms with E-state index in [4.69, 9.17) is 4.74 Å². The molecule has 1 aliphatic heterocycles. The number of anilines is 1. The molecule has 0 spiro atoms. The lowest BCUT2D eigenvalue weighted by Crippen LogP contribution is -2.37. The van der Waals surface area contributed by atoms with Crippen LogP contribution in [-0.2, 0) is 11.2 Å². The molecular formula is C12H22N4OS. The quantitative estimate of drug-likeness (QED) is 0.763. The summed E-state index contributed by atoms with van der Waals surface area (Å²) in [4.78, 5) is 6.90. The Hall–Kier alpha value is -0.720. The summed E-state index contributed by atoms with van der Waals surface area (Å²) < 4.78 is 9.64. The standard InChI is InChI=1S/C12H22N4OS/c1-2-4-11-14-12(18-15-11)13-5-3-6-16-7-9-17-10-8-16/h2-10H2,1H3,(H,13,14,15). The molecule has 0 unspecified atom stereocenters. The van der Waals surface area contributed by atoms with Gasteiger partial charge in [-0.25, -0.2) is 4.98 Å². The second-order valence-electron chi connectivity index (χ2n) is 4.50. The second kappa shape index (κ2) is 7.66. The predicted molar refractivity (Wildman–Crippen MR) is 74.3 cm³/mol. The van der Waals surface area contributed by atoms with E-state index in [1.807, 2.05) is 0 Å². The molecule has 102 valence electrons. The number of hydrogen-bond donors (Lipinski definition) is 1. The lowest BCUT2D eigenvalue weighted by Gasteiger charge is -2.26. The molecule has 0 bridgehead atoms. The Morgan fingerprint density at radius 3 is 3.00 bits per heavy atom. The van der Waals surface area contributed by atoms with Gasteiger partial charge in [0, 0.05) is 37.6 Å². The first-order valence-electron chi connectivity index (χ1n) is 6.75. The van der Waals surface area contributed by atoms with Gasteiger partial charge in [-0.1, -0.05) is 6.92 Å². The molecule has 1 aliphatic rings. The van der Waals surface area contributed by atoms with E-state index < -0.39 is 0 Å². The summed E-state index contributed by atoms with van der Waals surface area (Å²) in [6.07, 6.45) is 3.22. The Morgan fingerprint density at radius 1 is 1.39 bits per heavy atom. The van der Waals surface area contributed by atoms with Crippen LogP contribution in [0.15, 0.2) is 0 Å². The number of aromatic nitrogens is 2. The van der Waals surface area contributed by atoms with Gasteiger partial charge in [-0.05, 0) is 19.4 Å². The van der Waals surface area contributed by atoms with Crippen LogP contribution in [0.25, 0.3) is 0 Å². The van der Waals surface area contributed by atoms with Crippen molar-refractivity contribution in [3.63, 3.8) is 0 Å². The fourth-order valence-electron chi connectivity index (χ4n) is 1.97. The average Bonchev–Trinajstić information content (AvgIpc) is 2.84. The second-order valence-corrected chi connectivity index (χ2v) is 5.25. The number of hydrogen-bond acceptors (Lipinski definition) is 6. The Bertz CT molecular complexity index is 339. The Balaban J connectivity index is 1.59. The molecule has 5 nitrogen and oxygen atoms in total. The first kappa shape index (κ1) is 13.7. The topological polar surface area (TPSA) is 50.3 Å². The van der Waals surface area contributed by atoms with E-state index in [9.17, 15) is 0 Å². The predicted octanol–water partition coefficient (Wildman–Crippen LogP) is 1.62. The third-order valence-electron chi connectivity index (χ3n) is 2.97. The summed E-state index contributed by atoms with van der Waals surface area (Å²) in [5.41, 5.74) is 0. The maximum Gasteiger partial charge on any atom is 0.202 e. The number of rotatable bonds is 7. The molecule has 1 aromatic rings. The number of nitrogens with zero attached hydrogens (tertiary/aromatic N) is 3. The molecule has 6 heteroatoms. The van der Waals surface area contributed by atoms with Gasteiger partial charge < -0.3 is 10.1 Å². The molecule has 0 aliphatic carbocycles.